The molecule has 2 aliphatic rings. The Morgan fingerprint density at radius 1 is 1.08 bits per heavy atom. The van der Waals surface area contributed by atoms with Crippen LogP contribution in [0.2, 0.25) is 0 Å². The van der Waals surface area contributed by atoms with E-state index < -0.39 is 0 Å². The topological polar surface area (TPSA) is 61.4 Å². The van der Waals surface area contributed by atoms with Gasteiger partial charge in [0.1, 0.15) is 0 Å². The summed E-state index contributed by atoms with van der Waals surface area (Å²) in [6.45, 7) is 10.1. The van der Waals surface area contributed by atoms with E-state index in [0.717, 1.165) is 51.9 Å². The van der Waals surface area contributed by atoms with Crippen LogP contribution in [0.4, 0.5) is 0 Å². The van der Waals surface area contributed by atoms with Gasteiger partial charge in [-0.05, 0) is 63.5 Å². The summed E-state index contributed by atoms with van der Waals surface area (Å²) < 4.78 is 0. The van der Waals surface area contributed by atoms with Crippen molar-refractivity contribution in [2.24, 2.45) is 17.8 Å². The zero-order valence-electron chi connectivity index (χ0n) is 16.4. The Labute approximate surface area is 153 Å². The van der Waals surface area contributed by atoms with Crippen LogP contribution >= 0.6 is 0 Å². The van der Waals surface area contributed by atoms with Gasteiger partial charge in [-0.2, -0.15) is 0 Å². The normalized spacial score (nSPS) is 21.4. The van der Waals surface area contributed by atoms with Gasteiger partial charge < -0.3 is 15.5 Å². The van der Waals surface area contributed by atoms with Crippen molar-refractivity contribution in [2.75, 3.05) is 26.2 Å². The van der Waals surface area contributed by atoms with Crippen LogP contribution < -0.4 is 10.6 Å². The van der Waals surface area contributed by atoms with E-state index in [4.69, 9.17) is 0 Å². The van der Waals surface area contributed by atoms with Gasteiger partial charge in [0, 0.05) is 31.5 Å². The zero-order chi connectivity index (χ0) is 18.2. The average molecular weight is 352 g/mol. The van der Waals surface area contributed by atoms with Crippen LogP contribution in [-0.2, 0) is 9.59 Å². The second-order valence-electron chi connectivity index (χ2n) is 7.95. The van der Waals surface area contributed by atoms with E-state index in [1.54, 1.807) is 0 Å². The minimum atomic E-state index is 0.164. The summed E-state index contributed by atoms with van der Waals surface area (Å²) in [4.78, 5) is 26.8. The van der Waals surface area contributed by atoms with Crippen molar-refractivity contribution in [2.45, 2.75) is 71.8 Å². The molecule has 0 aliphatic carbocycles. The maximum absolute atomic E-state index is 12.4. The number of nitrogens with zero attached hydrogens (tertiary/aromatic N) is 1. The summed E-state index contributed by atoms with van der Waals surface area (Å²) in [5.74, 6) is 1.78. The van der Waals surface area contributed by atoms with Crippen molar-refractivity contribution in [3.8, 4) is 0 Å². The Kier molecular flexibility index (Phi) is 8.20. The van der Waals surface area contributed by atoms with E-state index in [1.165, 1.54) is 12.8 Å². The first-order chi connectivity index (χ1) is 12.0. The Bertz CT molecular complexity index is 423. The van der Waals surface area contributed by atoms with Gasteiger partial charge in [0.25, 0.3) is 0 Å². The number of hydrogen-bond acceptors (Lipinski definition) is 3. The zero-order valence-corrected chi connectivity index (χ0v) is 16.4. The first-order valence-corrected chi connectivity index (χ1v) is 10.3. The predicted molar refractivity (Wildman–Crippen MR) is 101 cm³/mol. The molecule has 2 rings (SSSR count). The second kappa shape index (κ2) is 10.1. The molecule has 0 saturated carbocycles. The minimum Gasteiger partial charge on any atom is -0.353 e. The number of nitrogens with one attached hydrogen (secondary N) is 2. The molecule has 5 heteroatoms. The average Bonchev–Trinajstić information content (AvgIpc) is 2.64. The molecule has 2 amide bonds. The van der Waals surface area contributed by atoms with Crippen molar-refractivity contribution in [1.29, 1.82) is 0 Å². The van der Waals surface area contributed by atoms with E-state index in [-0.39, 0.29) is 17.9 Å². The molecular formula is C20H37N3O2. The molecule has 1 atom stereocenters. The molecule has 0 radical (unpaired) electrons. The standard InChI is InChI=1S/C20H37N3O2/c1-4-16(5-2)20(25)23-12-8-18(9-13-23)22-19(24)14-15(3)17-6-10-21-11-7-17/h15-18,21H,4-14H2,1-3H3,(H,22,24). The molecule has 2 fully saturated rings. The lowest BCUT2D eigenvalue weighted by Gasteiger charge is -2.34. The van der Waals surface area contributed by atoms with E-state index in [2.05, 4.69) is 31.4 Å². The Balaban J connectivity index is 1.70. The van der Waals surface area contributed by atoms with Crippen molar-refractivity contribution in [3.63, 3.8) is 0 Å². The molecule has 1 unspecified atom stereocenters. The summed E-state index contributed by atoms with van der Waals surface area (Å²) in [7, 11) is 0. The maximum atomic E-state index is 12.4. The molecule has 0 aromatic carbocycles. The molecule has 5 nitrogen and oxygen atoms in total. The van der Waals surface area contributed by atoms with Gasteiger partial charge in [0.15, 0.2) is 0 Å². The van der Waals surface area contributed by atoms with Gasteiger partial charge in [-0.15, -0.1) is 0 Å². The highest BCUT2D eigenvalue weighted by molar-refractivity contribution is 5.79. The van der Waals surface area contributed by atoms with Gasteiger partial charge in [-0.25, -0.2) is 0 Å². The number of hydrogen-bond donors (Lipinski definition) is 2. The number of carbonyl (C=O) groups excluding carboxylic acids is 2. The SMILES string of the molecule is CCC(CC)C(=O)N1CCC(NC(=O)CC(C)C2CCNCC2)CC1. The molecule has 2 N–H and O–H groups in total. The number of likely N-dealkylation sites (tertiary alicyclic amines) is 1. The number of rotatable bonds is 7. The van der Waals surface area contributed by atoms with Crippen LogP contribution in [-0.4, -0.2) is 48.9 Å². The first kappa shape index (κ1) is 20.2. The third-order valence-electron chi connectivity index (χ3n) is 6.20. The molecule has 0 spiro atoms. The summed E-state index contributed by atoms with van der Waals surface area (Å²) in [5.41, 5.74) is 0. The lowest BCUT2D eigenvalue weighted by atomic mass is 9.84. The fourth-order valence-electron chi connectivity index (χ4n) is 4.30. The molecule has 25 heavy (non-hydrogen) atoms. The third kappa shape index (κ3) is 5.98. The summed E-state index contributed by atoms with van der Waals surface area (Å²) in [5, 5.41) is 6.60. The van der Waals surface area contributed by atoms with Gasteiger partial charge in [-0.1, -0.05) is 20.8 Å². The second-order valence-corrected chi connectivity index (χ2v) is 7.95. The van der Waals surface area contributed by atoms with E-state index in [1.807, 2.05) is 4.90 Å². The predicted octanol–water partition coefficient (Wildman–Crippen LogP) is 2.56. The van der Waals surface area contributed by atoms with E-state index in [0.29, 0.717) is 24.2 Å². The maximum Gasteiger partial charge on any atom is 0.225 e. The minimum absolute atomic E-state index is 0.164. The highest BCUT2D eigenvalue weighted by Gasteiger charge is 2.28. The monoisotopic (exact) mass is 351 g/mol. The number of carbonyl (C=O) groups is 2. The fourth-order valence-corrected chi connectivity index (χ4v) is 4.30. The molecule has 0 aromatic heterocycles. The number of piperidine rings is 2. The highest BCUT2D eigenvalue weighted by Crippen LogP contribution is 2.24. The van der Waals surface area contributed by atoms with Crippen LogP contribution in [0.5, 0.6) is 0 Å². The Hall–Kier alpha value is -1.10. The van der Waals surface area contributed by atoms with E-state index in [9.17, 15) is 9.59 Å². The lowest BCUT2D eigenvalue weighted by molar-refractivity contribution is -0.137. The fraction of sp³-hybridized carbons (Fsp3) is 0.900. The molecule has 2 aliphatic heterocycles. The quantitative estimate of drug-likeness (QED) is 0.741. The van der Waals surface area contributed by atoms with Crippen LogP contribution in [0.25, 0.3) is 0 Å². The highest BCUT2D eigenvalue weighted by atomic mass is 16.2. The van der Waals surface area contributed by atoms with Crippen molar-refractivity contribution in [3.05, 3.63) is 0 Å². The molecule has 0 aromatic rings. The van der Waals surface area contributed by atoms with Crippen LogP contribution in [0.3, 0.4) is 0 Å². The molecule has 2 heterocycles. The van der Waals surface area contributed by atoms with Crippen molar-refractivity contribution in [1.82, 2.24) is 15.5 Å². The van der Waals surface area contributed by atoms with Gasteiger partial charge >= 0.3 is 0 Å². The Morgan fingerprint density at radius 3 is 2.24 bits per heavy atom. The third-order valence-corrected chi connectivity index (χ3v) is 6.20. The lowest BCUT2D eigenvalue weighted by Crippen LogP contribution is -2.48. The molecule has 144 valence electrons. The van der Waals surface area contributed by atoms with Crippen molar-refractivity contribution < 1.29 is 9.59 Å². The Morgan fingerprint density at radius 2 is 1.68 bits per heavy atom. The van der Waals surface area contributed by atoms with Gasteiger partial charge in [-0.3, -0.25) is 9.59 Å². The molecule has 2 saturated heterocycles. The smallest absolute Gasteiger partial charge is 0.225 e. The van der Waals surface area contributed by atoms with E-state index >= 15 is 0 Å². The molecule has 0 bridgehead atoms. The summed E-state index contributed by atoms with van der Waals surface area (Å²) >= 11 is 0. The molecular weight excluding hydrogens is 314 g/mol. The number of amides is 2. The van der Waals surface area contributed by atoms with Gasteiger partial charge in [0.05, 0.1) is 0 Å². The van der Waals surface area contributed by atoms with Gasteiger partial charge in [0.2, 0.25) is 11.8 Å². The van der Waals surface area contributed by atoms with Crippen LogP contribution in [0.15, 0.2) is 0 Å². The first-order valence-electron chi connectivity index (χ1n) is 10.3. The van der Waals surface area contributed by atoms with Crippen LogP contribution in [0.1, 0.15) is 65.7 Å². The summed E-state index contributed by atoms with van der Waals surface area (Å²) in [6, 6.07) is 0.235. The van der Waals surface area contributed by atoms with Crippen LogP contribution in [0, 0.1) is 17.8 Å². The van der Waals surface area contributed by atoms with Crippen molar-refractivity contribution >= 4 is 11.8 Å². The summed E-state index contributed by atoms with van der Waals surface area (Å²) in [6.07, 6.45) is 6.62. The largest absolute Gasteiger partial charge is 0.353 e.